The van der Waals surface area contributed by atoms with Gasteiger partial charge < -0.3 is 14.8 Å². The van der Waals surface area contributed by atoms with Crippen molar-refractivity contribution in [1.29, 1.82) is 0 Å². The third kappa shape index (κ3) is 3.09. The van der Waals surface area contributed by atoms with Crippen LogP contribution in [-0.2, 0) is 19.1 Å². The number of halogens is 1. The summed E-state index contributed by atoms with van der Waals surface area (Å²) in [5.41, 5.74) is 0. The minimum atomic E-state index is -0.327. The van der Waals surface area contributed by atoms with Crippen LogP contribution in [0.4, 0.5) is 0 Å². The van der Waals surface area contributed by atoms with E-state index in [0.717, 1.165) is 12.8 Å². The number of nitrogens with one attached hydrogen (secondary N) is 1. The lowest BCUT2D eigenvalue weighted by Gasteiger charge is -2.10. The minimum Gasteiger partial charge on any atom is -0.468 e. The van der Waals surface area contributed by atoms with Crippen molar-refractivity contribution in [3.8, 4) is 0 Å². The zero-order chi connectivity index (χ0) is 10.8. The Bertz CT molecular complexity index is 280. The van der Waals surface area contributed by atoms with E-state index in [0.29, 0.717) is 13.0 Å². The molecule has 92 valence electrons. The molecule has 0 aromatic heterocycles. The van der Waals surface area contributed by atoms with E-state index < -0.39 is 0 Å². The molecule has 16 heavy (non-hydrogen) atoms. The standard InChI is InChI=1S/C10H15NO4.ClH/c1-14-10(13)8-4-7(5-11-8)15-9(12)6-2-3-6;/h6-8,11H,2-5H2,1H3;1H/t7-,8+;/m1./s1. The lowest BCUT2D eigenvalue weighted by atomic mass is 10.2. The summed E-state index contributed by atoms with van der Waals surface area (Å²) in [5.74, 6) is -0.297. The van der Waals surface area contributed by atoms with Crippen LogP contribution in [0.2, 0.25) is 0 Å². The quantitative estimate of drug-likeness (QED) is 0.727. The molecule has 1 saturated heterocycles. The van der Waals surface area contributed by atoms with Crippen molar-refractivity contribution in [2.24, 2.45) is 5.92 Å². The highest BCUT2D eigenvalue weighted by Crippen LogP contribution is 2.31. The molecule has 1 aliphatic heterocycles. The zero-order valence-electron chi connectivity index (χ0n) is 9.10. The third-order valence-corrected chi connectivity index (χ3v) is 2.77. The first-order chi connectivity index (χ1) is 7.20. The number of hydrogen-bond acceptors (Lipinski definition) is 5. The van der Waals surface area contributed by atoms with Gasteiger partial charge in [-0.1, -0.05) is 0 Å². The van der Waals surface area contributed by atoms with Crippen molar-refractivity contribution >= 4 is 24.3 Å². The van der Waals surface area contributed by atoms with Crippen LogP contribution in [0.3, 0.4) is 0 Å². The molecule has 0 aromatic carbocycles. The molecule has 0 amide bonds. The largest absolute Gasteiger partial charge is 0.468 e. The van der Waals surface area contributed by atoms with Gasteiger partial charge in [0.1, 0.15) is 12.1 Å². The van der Waals surface area contributed by atoms with Crippen molar-refractivity contribution in [1.82, 2.24) is 5.32 Å². The van der Waals surface area contributed by atoms with E-state index in [9.17, 15) is 9.59 Å². The summed E-state index contributed by atoms with van der Waals surface area (Å²) in [7, 11) is 1.35. The average Bonchev–Trinajstić information content (AvgIpc) is 2.99. The van der Waals surface area contributed by atoms with Crippen LogP contribution in [0, 0.1) is 5.92 Å². The second kappa shape index (κ2) is 5.50. The number of hydrogen-bond donors (Lipinski definition) is 1. The van der Waals surface area contributed by atoms with Gasteiger partial charge >= 0.3 is 11.9 Å². The van der Waals surface area contributed by atoms with Crippen molar-refractivity contribution < 1.29 is 19.1 Å². The minimum absolute atomic E-state index is 0. The highest BCUT2D eigenvalue weighted by Gasteiger charge is 2.36. The maximum Gasteiger partial charge on any atom is 0.323 e. The molecule has 0 bridgehead atoms. The molecule has 2 aliphatic rings. The number of esters is 2. The fourth-order valence-corrected chi connectivity index (χ4v) is 1.69. The molecular formula is C10H16ClNO4. The molecule has 0 spiro atoms. The molecule has 1 heterocycles. The number of rotatable bonds is 3. The Balaban J connectivity index is 0.00000128. The Kier molecular flexibility index (Phi) is 4.56. The number of carbonyl (C=O) groups is 2. The Morgan fingerprint density at radius 2 is 1.94 bits per heavy atom. The maximum absolute atomic E-state index is 11.3. The van der Waals surface area contributed by atoms with Crippen LogP contribution >= 0.6 is 12.4 Å². The monoisotopic (exact) mass is 249 g/mol. The van der Waals surface area contributed by atoms with Gasteiger partial charge in [0.25, 0.3) is 0 Å². The van der Waals surface area contributed by atoms with E-state index in [1.54, 1.807) is 0 Å². The van der Waals surface area contributed by atoms with Gasteiger partial charge in [0, 0.05) is 13.0 Å². The van der Waals surface area contributed by atoms with Gasteiger partial charge in [-0.05, 0) is 12.8 Å². The fourth-order valence-electron chi connectivity index (χ4n) is 1.69. The molecule has 6 heteroatoms. The third-order valence-electron chi connectivity index (χ3n) is 2.77. The molecular weight excluding hydrogens is 234 g/mol. The van der Waals surface area contributed by atoms with E-state index >= 15 is 0 Å². The van der Waals surface area contributed by atoms with Crippen molar-refractivity contribution in [3.63, 3.8) is 0 Å². The average molecular weight is 250 g/mol. The van der Waals surface area contributed by atoms with E-state index in [1.165, 1.54) is 7.11 Å². The second-order valence-corrected chi connectivity index (χ2v) is 4.05. The predicted octanol–water partition coefficient (Wildman–Crippen LogP) is 0.265. The van der Waals surface area contributed by atoms with Gasteiger partial charge in [0.2, 0.25) is 0 Å². The number of carbonyl (C=O) groups excluding carboxylic acids is 2. The normalized spacial score (nSPS) is 28.1. The highest BCUT2D eigenvalue weighted by atomic mass is 35.5. The topological polar surface area (TPSA) is 64.6 Å². The molecule has 2 rings (SSSR count). The summed E-state index contributed by atoms with van der Waals surface area (Å²) in [4.78, 5) is 22.5. The van der Waals surface area contributed by atoms with Crippen molar-refractivity contribution in [3.05, 3.63) is 0 Å². The van der Waals surface area contributed by atoms with Crippen LogP contribution in [0.25, 0.3) is 0 Å². The summed E-state index contributed by atoms with van der Waals surface area (Å²) < 4.78 is 9.86. The molecule has 1 N–H and O–H groups in total. The summed E-state index contributed by atoms with van der Waals surface area (Å²) in [6, 6.07) is -0.327. The molecule has 0 radical (unpaired) electrons. The summed E-state index contributed by atoms with van der Waals surface area (Å²) in [5, 5.41) is 2.97. The van der Waals surface area contributed by atoms with Crippen LogP contribution in [0.15, 0.2) is 0 Å². The maximum atomic E-state index is 11.3. The molecule has 1 aliphatic carbocycles. The Morgan fingerprint density at radius 1 is 1.25 bits per heavy atom. The Hall–Kier alpha value is -0.810. The van der Waals surface area contributed by atoms with Crippen molar-refractivity contribution in [2.45, 2.75) is 31.4 Å². The van der Waals surface area contributed by atoms with Gasteiger partial charge in [0.05, 0.1) is 13.0 Å². The first-order valence-corrected chi connectivity index (χ1v) is 5.22. The van der Waals surface area contributed by atoms with E-state index in [-0.39, 0.29) is 42.4 Å². The van der Waals surface area contributed by atoms with E-state index in [2.05, 4.69) is 10.1 Å². The first kappa shape index (κ1) is 13.3. The van der Waals surface area contributed by atoms with Crippen LogP contribution in [-0.4, -0.2) is 37.7 Å². The lowest BCUT2D eigenvalue weighted by Crippen LogP contribution is -2.31. The summed E-state index contributed by atoms with van der Waals surface area (Å²) in [6.07, 6.45) is 2.23. The number of ether oxygens (including phenoxy) is 2. The van der Waals surface area contributed by atoms with Crippen LogP contribution < -0.4 is 5.32 Å². The summed E-state index contributed by atoms with van der Waals surface area (Å²) in [6.45, 7) is 0.540. The molecule has 2 fully saturated rings. The molecule has 2 atom stereocenters. The lowest BCUT2D eigenvalue weighted by molar-refractivity contribution is -0.151. The first-order valence-electron chi connectivity index (χ1n) is 5.22. The van der Waals surface area contributed by atoms with Gasteiger partial charge in [-0.3, -0.25) is 9.59 Å². The van der Waals surface area contributed by atoms with E-state index in [4.69, 9.17) is 4.74 Å². The fraction of sp³-hybridized carbons (Fsp3) is 0.800. The smallest absolute Gasteiger partial charge is 0.323 e. The Labute approximate surface area is 100 Å². The Morgan fingerprint density at radius 3 is 2.50 bits per heavy atom. The molecule has 5 nitrogen and oxygen atoms in total. The van der Waals surface area contributed by atoms with Crippen LogP contribution in [0.5, 0.6) is 0 Å². The van der Waals surface area contributed by atoms with Gasteiger partial charge in [-0.25, -0.2) is 0 Å². The molecule has 0 aromatic rings. The zero-order valence-corrected chi connectivity index (χ0v) is 9.92. The summed E-state index contributed by atoms with van der Waals surface area (Å²) >= 11 is 0. The predicted molar refractivity (Wildman–Crippen MR) is 58.3 cm³/mol. The second-order valence-electron chi connectivity index (χ2n) is 4.05. The molecule has 1 saturated carbocycles. The van der Waals surface area contributed by atoms with Gasteiger partial charge in [-0.15, -0.1) is 12.4 Å². The van der Waals surface area contributed by atoms with Crippen molar-refractivity contribution in [2.75, 3.05) is 13.7 Å². The van der Waals surface area contributed by atoms with E-state index in [1.807, 2.05) is 0 Å². The van der Waals surface area contributed by atoms with Gasteiger partial charge in [0.15, 0.2) is 0 Å². The highest BCUT2D eigenvalue weighted by molar-refractivity contribution is 5.85. The van der Waals surface area contributed by atoms with Gasteiger partial charge in [-0.2, -0.15) is 0 Å². The number of methoxy groups -OCH3 is 1. The SMILES string of the molecule is COC(=O)[C@@H]1C[C@@H](OC(=O)C2CC2)CN1.Cl. The molecule has 0 unspecified atom stereocenters. The van der Waals surface area contributed by atoms with Crippen LogP contribution in [0.1, 0.15) is 19.3 Å².